The maximum absolute atomic E-state index is 15.7. The Morgan fingerprint density at radius 1 is 0.985 bits per heavy atom. The number of piperazine rings is 1. The first kappa shape index (κ1) is 45.6. The van der Waals surface area contributed by atoms with Crippen molar-refractivity contribution in [1.29, 1.82) is 0 Å². The molecule has 2 aromatic heterocycles. The number of nitrogens with zero attached hydrogens (tertiary/aromatic N) is 5. The number of pyridine rings is 1. The molecule has 2 N–H and O–H groups in total. The largest absolute Gasteiger partial charge is 0.483 e. The molecule has 0 bridgehead atoms. The van der Waals surface area contributed by atoms with Crippen molar-refractivity contribution in [2.24, 2.45) is 5.41 Å². The number of anilines is 1. The second-order valence-corrected chi connectivity index (χ2v) is 20.7. The lowest BCUT2D eigenvalue weighted by Crippen LogP contribution is -2.55. The minimum absolute atomic E-state index is 0.0867. The van der Waals surface area contributed by atoms with Gasteiger partial charge in [0.15, 0.2) is 5.75 Å². The van der Waals surface area contributed by atoms with Gasteiger partial charge < -0.3 is 24.1 Å². The number of rotatable bonds is 14. The molecule has 0 radical (unpaired) electrons. The van der Waals surface area contributed by atoms with E-state index in [4.69, 9.17) is 25.8 Å². The fourth-order valence-electron chi connectivity index (χ4n) is 9.22. The number of fused-ring (bicyclic) bond motifs is 1. The Balaban J connectivity index is 0.906. The first-order chi connectivity index (χ1) is 31.6. The summed E-state index contributed by atoms with van der Waals surface area (Å²) in [6.07, 6.45) is 6.76. The zero-order chi connectivity index (χ0) is 46.2. The zero-order valence-corrected chi connectivity index (χ0v) is 38.5. The number of piperidine rings is 1. The maximum atomic E-state index is 15.7. The SMILES string of the molecule is CC1(C)CCC(CN2CCN(c3ccc(C(=O)NS(=O)(=O)c4ccc(OCC5(F)CCN(C6COC6)CC5)c([N+](=O)[O-])c4)c(Oc4cnc5[nH]ccc5c4)c3)CC2)=C(c2ccc(Cl)cc2)C1. The van der Waals surface area contributed by atoms with Gasteiger partial charge in [0.2, 0.25) is 0 Å². The van der Waals surface area contributed by atoms with Crippen molar-refractivity contribution < 1.29 is 36.7 Å². The molecule has 3 fully saturated rings. The zero-order valence-electron chi connectivity index (χ0n) is 36.9. The summed E-state index contributed by atoms with van der Waals surface area (Å²) < 4.78 is 62.5. The number of halogens is 2. The van der Waals surface area contributed by atoms with E-state index in [1.165, 1.54) is 29.0 Å². The number of hydrogen-bond donors (Lipinski definition) is 2. The smallest absolute Gasteiger partial charge is 0.312 e. The molecule has 66 heavy (non-hydrogen) atoms. The van der Waals surface area contributed by atoms with E-state index in [2.05, 4.69) is 55.4 Å². The van der Waals surface area contributed by atoms with E-state index >= 15 is 4.39 Å². The molecular formula is C48H53ClFN7O8S. The summed E-state index contributed by atoms with van der Waals surface area (Å²) in [5.74, 6) is -0.889. The second kappa shape index (κ2) is 18.6. The first-order valence-electron chi connectivity index (χ1n) is 22.3. The van der Waals surface area contributed by atoms with E-state index in [0.29, 0.717) is 50.8 Å². The van der Waals surface area contributed by atoms with Gasteiger partial charge in [-0.3, -0.25) is 24.7 Å². The molecule has 0 atom stereocenters. The lowest BCUT2D eigenvalue weighted by Gasteiger charge is -2.43. The molecule has 0 spiro atoms. The third-order valence-electron chi connectivity index (χ3n) is 13.3. The standard InChI is InChI=1S/C48H53ClFN7O8S/c1-47(2)13-11-34(41(26-47)32-3-5-35(49)6-4-32)28-54-19-21-56(22-20-54)36-7-9-40(44(24-36)65-38-23-33-12-16-51-45(33)52-27-38)46(58)53-66(61,62)39-8-10-43(42(25-39)57(59)60)64-31-48(50)14-17-55(18-15-48)37-29-63-30-37/h3-10,12,16,23-25,27,37H,11,13-15,17-22,26,28-31H2,1-2H3,(H,51,52)(H,53,58). The highest BCUT2D eigenvalue weighted by molar-refractivity contribution is 7.90. The summed E-state index contributed by atoms with van der Waals surface area (Å²) >= 11 is 6.24. The van der Waals surface area contributed by atoms with Crippen LogP contribution in [0.4, 0.5) is 15.8 Å². The van der Waals surface area contributed by atoms with E-state index in [-0.39, 0.29) is 41.4 Å². The molecule has 15 nitrogen and oxygen atoms in total. The average Bonchev–Trinajstić information content (AvgIpc) is 3.75. The summed E-state index contributed by atoms with van der Waals surface area (Å²) in [6, 6.07) is 20.0. The van der Waals surface area contributed by atoms with Gasteiger partial charge in [0, 0.05) is 80.2 Å². The first-order valence-corrected chi connectivity index (χ1v) is 24.1. The Hall–Kier alpha value is -5.59. The monoisotopic (exact) mass is 941 g/mol. The quantitative estimate of drug-likeness (QED) is 0.0806. The number of amides is 1. The van der Waals surface area contributed by atoms with Crippen LogP contribution in [-0.4, -0.2) is 116 Å². The molecule has 0 unspecified atom stereocenters. The molecule has 5 heterocycles. The van der Waals surface area contributed by atoms with Crippen molar-refractivity contribution in [1.82, 2.24) is 24.5 Å². The molecule has 9 rings (SSSR count). The number of nitro groups is 1. The van der Waals surface area contributed by atoms with Gasteiger partial charge in [0.05, 0.1) is 40.8 Å². The minimum atomic E-state index is -4.68. The highest BCUT2D eigenvalue weighted by Crippen LogP contribution is 2.44. The number of sulfonamides is 1. The van der Waals surface area contributed by atoms with E-state index in [0.717, 1.165) is 73.2 Å². The molecule has 3 aliphatic heterocycles. The summed E-state index contributed by atoms with van der Waals surface area (Å²) in [7, 11) is -4.68. The van der Waals surface area contributed by atoms with E-state index in [1.54, 1.807) is 24.4 Å². The molecule has 1 amide bonds. The van der Waals surface area contributed by atoms with Gasteiger partial charge in [0.1, 0.15) is 29.4 Å². The van der Waals surface area contributed by atoms with Crippen molar-refractivity contribution in [2.45, 2.75) is 62.6 Å². The molecule has 18 heteroatoms. The van der Waals surface area contributed by atoms with Crippen LogP contribution in [0.2, 0.25) is 5.02 Å². The third-order valence-corrected chi connectivity index (χ3v) is 14.9. The topological polar surface area (TPSA) is 172 Å². The van der Waals surface area contributed by atoms with Crippen LogP contribution in [0.1, 0.15) is 61.9 Å². The van der Waals surface area contributed by atoms with Crippen LogP contribution in [0.15, 0.2) is 95.7 Å². The molecule has 3 aromatic carbocycles. The number of hydrogen-bond acceptors (Lipinski definition) is 12. The number of carbonyl (C=O) groups excluding carboxylic acids is 1. The number of benzene rings is 3. The number of likely N-dealkylation sites (tertiary alicyclic amines) is 1. The summed E-state index contributed by atoms with van der Waals surface area (Å²) in [6.45, 7) is 10.3. The van der Waals surface area contributed by atoms with Crippen LogP contribution in [0.25, 0.3) is 16.6 Å². The van der Waals surface area contributed by atoms with Crippen LogP contribution in [0, 0.1) is 15.5 Å². The Kier molecular flexibility index (Phi) is 12.8. The van der Waals surface area contributed by atoms with Crippen LogP contribution in [-0.2, 0) is 14.8 Å². The number of carbonyl (C=O) groups is 1. The molecule has 3 saturated heterocycles. The predicted octanol–water partition coefficient (Wildman–Crippen LogP) is 8.40. The number of alkyl halides is 1. The normalized spacial score (nSPS) is 19.4. The Morgan fingerprint density at radius 3 is 2.45 bits per heavy atom. The van der Waals surface area contributed by atoms with Crippen LogP contribution < -0.4 is 19.1 Å². The van der Waals surface area contributed by atoms with Crippen molar-refractivity contribution in [3.63, 3.8) is 0 Å². The molecular weight excluding hydrogens is 889 g/mol. The summed E-state index contributed by atoms with van der Waals surface area (Å²) in [4.78, 5) is 39.1. The van der Waals surface area contributed by atoms with Gasteiger partial charge >= 0.3 is 5.69 Å². The van der Waals surface area contributed by atoms with E-state index in [9.17, 15) is 23.3 Å². The van der Waals surface area contributed by atoms with Gasteiger partial charge in [0.25, 0.3) is 15.9 Å². The average molecular weight is 943 g/mol. The Bertz CT molecular complexity index is 2760. The number of nitro benzene ring substituents is 1. The maximum Gasteiger partial charge on any atom is 0.312 e. The number of H-pyrrole nitrogens is 1. The molecule has 348 valence electrons. The number of ether oxygens (including phenoxy) is 3. The van der Waals surface area contributed by atoms with Gasteiger partial charge in [-0.25, -0.2) is 22.5 Å². The number of aromatic nitrogens is 2. The molecule has 5 aromatic rings. The highest BCUT2D eigenvalue weighted by Gasteiger charge is 2.40. The molecule has 4 aliphatic rings. The minimum Gasteiger partial charge on any atom is -0.483 e. The molecule has 0 saturated carbocycles. The number of allylic oxidation sites excluding steroid dienone is 1. The number of nitrogens with one attached hydrogen (secondary N) is 2. The lowest BCUT2D eigenvalue weighted by atomic mass is 9.72. The van der Waals surface area contributed by atoms with Gasteiger partial charge in [-0.05, 0) is 97.2 Å². The Labute approximate surface area is 388 Å². The van der Waals surface area contributed by atoms with Crippen LogP contribution in [0.3, 0.4) is 0 Å². The summed E-state index contributed by atoms with van der Waals surface area (Å²) in [5, 5.41) is 13.7. The second-order valence-electron chi connectivity index (χ2n) is 18.6. The van der Waals surface area contributed by atoms with Crippen LogP contribution >= 0.6 is 11.6 Å². The van der Waals surface area contributed by atoms with Crippen molar-refractivity contribution in [3.05, 3.63) is 117 Å². The van der Waals surface area contributed by atoms with E-state index in [1.807, 2.05) is 18.2 Å². The third kappa shape index (κ3) is 10.2. The predicted molar refractivity (Wildman–Crippen MR) is 250 cm³/mol. The Morgan fingerprint density at radius 2 is 1.74 bits per heavy atom. The van der Waals surface area contributed by atoms with Crippen LogP contribution in [0.5, 0.6) is 17.2 Å². The van der Waals surface area contributed by atoms with Gasteiger partial charge in [-0.15, -0.1) is 0 Å². The van der Waals surface area contributed by atoms with Gasteiger partial charge in [-0.2, -0.15) is 0 Å². The van der Waals surface area contributed by atoms with Crippen molar-refractivity contribution >= 4 is 55.5 Å². The molecule has 1 aliphatic carbocycles. The van der Waals surface area contributed by atoms with Gasteiger partial charge in [-0.1, -0.05) is 43.2 Å². The lowest BCUT2D eigenvalue weighted by molar-refractivity contribution is -0.386. The van der Waals surface area contributed by atoms with Crippen molar-refractivity contribution in [3.8, 4) is 17.2 Å². The highest BCUT2D eigenvalue weighted by atomic mass is 35.5. The fraction of sp³-hybridized carbons (Fsp3) is 0.417. The number of aromatic amines is 1. The summed E-state index contributed by atoms with van der Waals surface area (Å²) in [5.41, 5.74) is 3.21. The van der Waals surface area contributed by atoms with E-state index < -0.39 is 43.7 Å². The fourth-order valence-corrected chi connectivity index (χ4v) is 10.3. The van der Waals surface area contributed by atoms with Crippen molar-refractivity contribution in [2.75, 3.05) is 70.5 Å².